The van der Waals surface area contributed by atoms with E-state index in [1.165, 1.54) is 0 Å². The first-order valence-electron chi connectivity index (χ1n) is 6.47. The summed E-state index contributed by atoms with van der Waals surface area (Å²) in [4.78, 5) is 11.8. The van der Waals surface area contributed by atoms with Crippen LogP contribution in [0.25, 0.3) is 0 Å². The van der Waals surface area contributed by atoms with Crippen molar-refractivity contribution in [2.24, 2.45) is 7.05 Å². The van der Waals surface area contributed by atoms with Crippen molar-refractivity contribution in [3.63, 3.8) is 0 Å². The van der Waals surface area contributed by atoms with E-state index in [2.05, 4.69) is 10.6 Å². The van der Waals surface area contributed by atoms with Gasteiger partial charge in [0, 0.05) is 24.6 Å². The number of carbonyl (C=O) groups is 1. The average Bonchev–Trinajstić information content (AvgIpc) is 2.85. The normalized spacial score (nSPS) is 11.9. The van der Waals surface area contributed by atoms with Gasteiger partial charge in [-0.2, -0.15) is 0 Å². The van der Waals surface area contributed by atoms with Gasteiger partial charge in [-0.15, -0.1) is 0 Å². The highest BCUT2D eigenvalue weighted by atomic mass is 16.3. The zero-order valence-electron chi connectivity index (χ0n) is 11.6. The Balaban J connectivity index is 1.87. The van der Waals surface area contributed by atoms with Crippen molar-refractivity contribution >= 4 is 11.7 Å². The smallest absolute Gasteiger partial charge is 0.319 e. The number of anilines is 1. The number of aliphatic hydroxyl groups is 1. The number of para-hydroxylation sites is 1. The quantitative estimate of drug-likeness (QED) is 0.799. The molecule has 3 N–H and O–H groups in total. The lowest BCUT2D eigenvalue weighted by Gasteiger charge is -2.14. The van der Waals surface area contributed by atoms with Crippen molar-refractivity contribution in [3.05, 3.63) is 53.9 Å². The van der Waals surface area contributed by atoms with Gasteiger partial charge >= 0.3 is 6.03 Å². The zero-order valence-corrected chi connectivity index (χ0v) is 11.6. The molecular weight excluding hydrogens is 254 g/mol. The topological polar surface area (TPSA) is 66.3 Å². The molecule has 0 radical (unpaired) electrons. The standard InChI is InChI=1S/C15H19N3O2/c1-11-6-3-4-7-12(11)17-15(20)16-10-14(19)13-8-5-9-18(13)2/h3-9,14,19H,10H2,1-2H3,(H2,16,17,20)/t14-/m1/s1. The van der Waals surface area contributed by atoms with Gasteiger partial charge in [-0.05, 0) is 30.7 Å². The van der Waals surface area contributed by atoms with E-state index < -0.39 is 6.10 Å². The Hall–Kier alpha value is -2.27. The molecule has 106 valence electrons. The third-order valence-electron chi connectivity index (χ3n) is 3.17. The van der Waals surface area contributed by atoms with Crippen LogP contribution in [-0.2, 0) is 7.05 Å². The number of aryl methyl sites for hydroxylation is 2. The zero-order chi connectivity index (χ0) is 14.5. The molecule has 2 aromatic rings. The molecule has 0 saturated heterocycles. The molecule has 2 amide bonds. The van der Waals surface area contributed by atoms with Crippen LogP contribution < -0.4 is 10.6 Å². The van der Waals surface area contributed by atoms with Crippen LogP contribution in [0, 0.1) is 6.92 Å². The van der Waals surface area contributed by atoms with Crippen LogP contribution >= 0.6 is 0 Å². The summed E-state index contributed by atoms with van der Waals surface area (Å²) in [6.07, 6.45) is 1.13. The maximum Gasteiger partial charge on any atom is 0.319 e. The van der Waals surface area contributed by atoms with Gasteiger partial charge in [0.25, 0.3) is 0 Å². The molecule has 0 unspecified atom stereocenters. The third kappa shape index (κ3) is 3.39. The van der Waals surface area contributed by atoms with E-state index in [-0.39, 0.29) is 12.6 Å². The maximum absolute atomic E-state index is 11.8. The largest absolute Gasteiger partial charge is 0.385 e. The van der Waals surface area contributed by atoms with E-state index in [1.54, 1.807) is 0 Å². The first kappa shape index (κ1) is 14.1. The lowest BCUT2D eigenvalue weighted by molar-refractivity contribution is 0.167. The van der Waals surface area contributed by atoms with Crippen LogP contribution in [0.15, 0.2) is 42.6 Å². The van der Waals surface area contributed by atoms with Crippen LogP contribution in [0.5, 0.6) is 0 Å². The predicted molar refractivity (Wildman–Crippen MR) is 78.6 cm³/mol. The van der Waals surface area contributed by atoms with Gasteiger partial charge in [-0.1, -0.05) is 18.2 Å². The molecule has 1 aromatic carbocycles. The first-order chi connectivity index (χ1) is 9.58. The van der Waals surface area contributed by atoms with Crippen LogP contribution in [-0.4, -0.2) is 22.2 Å². The van der Waals surface area contributed by atoms with Crippen molar-refractivity contribution in [2.45, 2.75) is 13.0 Å². The lowest BCUT2D eigenvalue weighted by atomic mass is 10.2. The summed E-state index contributed by atoms with van der Waals surface area (Å²) in [6, 6.07) is 10.9. The fourth-order valence-corrected chi connectivity index (χ4v) is 1.99. The number of hydrogen-bond acceptors (Lipinski definition) is 2. The van der Waals surface area contributed by atoms with Crippen molar-refractivity contribution in [3.8, 4) is 0 Å². The third-order valence-corrected chi connectivity index (χ3v) is 3.17. The molecule has 0 saturated carbocycles. The van der Waals surface area contributed by atoms with Crippen molar-refractivity contribution in [1.82, 2.24) is 9.88 Å². The van der Waals surface area contributed by atoms with Gasteiger partial charge in [0.2, 0.25) is 0 Å². The highest BCUT2D eigenvalue weighted by Crippen LogP contribution is 2.13. The number of hydrogen-bond donors (Lipinski definition) is 3. The Morgan fingerprint density at radius 2 is 2.05 bits per heavy atom. The number of aromatic nitrogens is 1. The van der Waals surface area contributed by atoms with Gasteiger partial charge in [0.15, 0.2) is 0 Å². The van der Waals surface area contributed by atoms with Gasteiger partial charge in [0.1, 0.15) is 6.10 Å². The number of carbonyl (C=O) groups excluding carboxylic acids is 1. The molecule has 0 fully saturated rings. The Morgan fingerprint density at radius 3 is 2.70 bits per heavy atom. The fourth-order valence-electron chi connectivity index (χ4n) is 1.99. The lowest BCUT2D eigenvalue weighted by Crippen LogP contribution is -2.33. The molecule has 0 aliphatic heterocycles. The number of rotatable bonds is 4. The number of nitrogens with one attached hydrogen (secondary N) is 2. The monoisotopic (exact) mass is 273 g/mol. The van der Waals surface area contributed by atoms with E-state index in [0.29, 0.717) is 0 Å². The second kappa shape index (κ2) is 6.25. The molecule has 1 aromatic heterocycles. The Bertz CT molecular complexity index is 592. The SMILES string of the molecule is Cc1ccccc1NC(=O)NC[C@@H](O)c1cccn1C. The second-order valence-electron chi connectivity index (χ2n) is 4.71. The fraction of sp³-hybridized carbons (Fsp3) is 0.267. The molecule has 5 heteroatoms. The summed E-state index contributed by atoms with van der Waals surface area (Å²) in [5, 5.41) is 15.4. The summed E-state index contributed by atoms with van der Waals surface area (Å²) in [5.41, 5.74) is 2.52. The van der Waals surface area contributed by atoms with Crippen LogP contribution in [0.1, 0.15) is 17.4 Å². The first-order valence-corrected chi connectivity index (χ1v) is 6.47. The van der Waals surface area contributed by atoms with E-state index in [0.717, 1.165) is 16.9 Å². The highest BCUT2D eigenvalue weighted by molar-refractivity contribution is 5.90. The highest BCUT2D eigenvalue weighted by Gasteiger charge is 2.12. The second-order valence-corrected chi connectivity index (χ2v) is 4.71. The summed E-state index contributed by atoms with van der Waals surface area (Å²) >= 11 is 0. The minimum Gasteiger partial charge on any atom is -0.385 e. The Kier molecular flexibility index (Phi) is 4.42. The summed E-state index contributed by atoms with van der Waals surface area (Å²) in [5.74, 6) is 0. The summed E-state index contributed by atoms with van der Waals surface area (Å²) in [7, 11) is 1.85. The Morgan fingerprint density at radius 1 is 1.30 bits per heavy atom. The van der Waals surface area contributed by atoms with Crippen molar-refractivity contribution in [1.29, 1.82) is 0 Å². The predicted octanol–water partition coefficient (Wildman–Crippen LogP) is 2.19. The molecule has 0 aliphatic carbocycles. The van der Waals surface area contributed by atoms with Crippen LogP contribution in [0.3, 0.4) is 0 Å². The van der Waals surface area contributed by atoms with Gasteiger partial charge in [0.05, 0.1) is 6.54 Å². The van der Waals surface area contributed by atoms with Crippen molar-refractivity contribution < 1.29 is 9.90 Å². The molecule has 0 aliphatic rings. The summed E-state index contributed by atoms with van der Waals surface area (Å²) in [6.45, 7) is 2.09. The van der Waals surface area contributed by atoms with Crippen molar-refractivity contribution in [2.75, 3.05) is 11.9 Å². The summed E-state index contributed by atoms with van der Waals surface area (Å²) < 4.78 is 1.82. The maximum atomic E-state index is 11.8. The van der Waals surface area contributed by atoms with E-state index >= 15 is 0 Å². The molecule has 1 heterocycles. The molecule has 20 heavy (non-hydrogen) atoms. The van der Waals surface area contributed by atoms with Gasteiger partial charge < -0.3 is 20.3 Å². The number of amides is 2. The molecule has 0 spiro atoms. The minimum atomic E-state index is -0.724. The molecule has 1 atom stereocenters. The Labute approximate surface area is 118 Å². The number of urea groups is 1. The number of nitrogens with zero attached hydrogens (tertiary/aromatic N) is 1. The van der Waals surface area contributed by atoms with Crippen LogP contribution in [0.4, 0.5) is 10.5 Å². The van der Waals surface area contributed by atoms with Gasteiger partial charge in [-0.3, -0.25) is 0 Å². The molecule has 2 rings (SSSR count). The number of aliphatic hydroxyl groups excluding tert-OH is 1. The van der Waals surface area contributed by atoms with E-state index in [9.17, 15) is 9.90 Å². The molecular formula is C15H19N3O2. The van der Waals surface area contributed by atoms with Crippen LogP contribution in [0.2, 0.25) is 0 Å². The van der Waals surface area contributed by atoms with E-state index in [4.69, 9.17) is 0 Å². The number of benzene rings is 1. The van der Waals surface area contributed by atoms with E-state index in [1.807, 2.05) is 61.1 Å². The molecule has 5 nitrogen and oxygen atoms in total. The van der Waals surface area contributed by atoms with Gasteiger partial charge in [-0.25, -0.2) is 4.79 Å². The average molecular weight is 273 g/mol. The molecule has 0 bridgehead atoms. The minimum absolute atomic E-state index is 0.162.